The van der Waals surface area contributed by atoms with Crippen molar-refractivity contribution in [2.24, 2.45) is 0 Å². The Balaban J connectivity index is 1.50. The van der Waals surface area contributed by atoms with Crippen LogP contribution in [0.15, 0.2) is 53.5 Å². The minimum absolute atomic E-state index is 0.0949. The average molecular weight is 451 g/mol. The number of ether oxygens (including phenoxy) is 3. The lowest BCUT2D eigenvalue weighted by molar-refractivity contribution is -0.116. The minimum Gasteiger partial charge on any atom is -0.490 e. The molecule has 1 aliphatic heterocycles. The van der Waals surface area contributed by atoms with Gasteiger partial charge in [0.05, 0.1) is 11.5 Å². The van der Waals surface area contributed by atoms with Crippen LogP contribution in [0.1, 0.15) is 39.5 Å². The van der Waals surface area contributed by atoms with E-state index in [4.69, 9.17) is 14.2 Å². The summed E-state index contributed by atoms with van der Waals surface area (Å²) < 4.78 is 18.7. The third kappa shape index (κ3) is 5.30. The van der Waals surface area contributed by atoms with Crippen molar-refractivity contribution in [1.82, 2.24) is 4.57 Å². The maximum Gasteiger partial charge on any atom is 0.259 e. The van der Waals surface area contributed by atoms with E-state index in [1.165, 1.54) is 4.57 Å². The lowest BCUT2D eigenvalue weighted by Crippen LogP contribution is -2.27. The van der Waals surface area contributed by atoms with Crippen molar-refractivity contribution in [3.05, 3.63) is 59.0 Å². The van der Waals surface area contributed by atoms with Crippen LogP contribution in [0.2, 0.25) is 0 Å². The molecule has 1 aliphatic rings. The summed E-state index contributed by atoms with van der Waals surface area (Å²) in [4.78, 5) is 25.7. The lowest BCUT2D eigenvalue weighted by atomic mass is 10.1. The first kappa shape index (κ1) is 22.7. The van der Waals surface area contributed by atoms with Crippen LogP contribution >= 0.6 is 0 Å². The summed E-state index contributed by atoms with van der Waals surface area (Å²) in [6.07, 6.45) is 5.89. The van der Waals surface area contributed by atoms with Crippen molar-refractivity contribution in [1.29, 1.82) is 0 Å². The molecular formula is C26H30N2O5. The molecule has 1 atom stereocenters. The molecule has 0 aliphatic carbocycles. The Labute approximate surface area is 193 Å². The normalized spacial score (nSPS) is 13.5. The third-order valence-electron chi connectivity index (χ3n) is 5.75. The molecule has 0 spiro atoms. The van der Waals surface area contributed by atoms with E-state index < -0.39 is 0 Å². The quantitative estimate of drug-likeness (QED) is 0.509. The molecule has 7 nitrogen and oxygen atoms in total. The predicted molar refractivity (Wildman–Crippen MR) is 129 cm³/mol. The molecule has 0 saturated carbocycles. The molecule has 1 unspecified atom stereocenters. The van der Waals surface area contributed by atoms with Crippen LogP contribution in [0.3, 0.4) is 0 Å². The van der Waals surface area contributed by atoms with Crippen molar-refractivity contribution in [2.45, 2.75) is 52.2 Å². The van der Waals surface area contributed by atoms with Gasteiger partial charge < -0.3 is 24.1 Å². The number of amides is 1. The summed E-state index contributed by atoms with van der Waals surface area (Å²) >= 11 is 0. The highest BCUT2D eigenvalue weighted by molar-refractivity contribution is 5.92. The van der Waals surface area contributed by atoms with Gasteiger partial charge in [-0.1, -0.05) is 32.8 Å². The molecule has 174 valence electrons. The molecule has 0 saturated heterocycles. The zero-order valence-corrected chi connectivity index (χ0v) is 19.1. The fourth-order valence-corrected chi connectivity index (χ4v) is 3.95. The highest BCUT2D eigenvalue weighted by atomic mass is 16.6. The summed E-state index contributed by atoms with van der Waals surface area (Å²) in [5.41, 5.74) is 0.364. The largest absolute Gasteiger partial charge is 0.490 e. The summed E-state index contributed by atoms with van der Waals surface area (Å²) in [6, 6.07) is 12.6. The van der Waals surface area contributed by atoms with Gasteiger partial charge in [0.15, 0.2) is 11.5 Å². The fraction of sp³-hybridized carbons (Fsp3) is 0.385. The lowest BCUT2D eigenvalue weighted by Gasteiger charge is -2.19. The number of hydrogen-bond acceptors (Lipinski definition) is 5. The van der Waals surface area contributed by atoms with E-state index in [2.05, 4.69) is 19.2 Å². The molecule has 1 N–H and O–H groups in total. The fourth-order valence-electron chi connectivity index (χ4n) is 3.95. The van der Waals surface area contributed by atoms with E-state index in [1.54, 1.807) is 30.5 Å². The van der Waals surface area contributed by atoms with Gasteiger partial charge in [-0.3, -0.25) is 9.59 Å². The monoisotopic (exact) mass is 450 g/mol. The van der Waals surface area contributed by atoms with Crippen LogP contribution < -0.4 is 25.1 Å². The van der Waals surface area contributed by atoms with Crippen molar-refractivity contribution in [3.8, 4) is 17.2 Å². The van der Waals surface area contributed by atoms with E-state index in [0.717, 1.165) is 31.1 Å². The number of rotatable bonds is 9. The average Bonchev–Trinajstić information content (AvgIpc) is 2.83. The molecule has 0 bridgehead atoms. The Morgan fingerprint density at radius 1 is 1.09 bits per heavy atom. The van der Waals surface area contributed by atoms with E-state index in [-0.39, 0.29) is 24.1 Å². The Kier molecular flexibility index (Phi) is 7.17. The van der Waals surface area contributed by atoms with Gasteiger partial charge in [-0.25, -0.2) is 0 Å². The predicted octanol–water partition coefficient (Wildman–Crippen LogP) is 4.76. The van der Waals surface area contributed by atoms with Crippen LogP contribution in [0.25, 0.3) is 10.8 Å². The first-order chi connectivity index (χ1) is 16.1. The molecule has 2 aromatic carbocycles. The van der Waals surface area contributed by atoms with Crippen molar-refractivity contribution in [2.75, 3.05) is 18.5 Å². The first-order valence-corrected chi connectivity index (χ1v) is 11.6. The molecule has 2 heterocycles. The number of fused-ring (bicyclic) bond motifs is 2. The topological polar surface area (TPSA) is 78.8 Å². The van der Waals surface area contributed by atoms with Gasteiger partial charge in [-0.2, -0.15) is 0 Å². The summed E-state index contributed by atoms with van der Waals surface area (Å²) in [6.45, 7) is 5.16. The maximum atomic E-state index is 13.1. The van der Waals surface area contributed by atoms with Crippen LogP contribution in [0.5, 0.6) is 17.2 Å². The number of aromatic nitrogens is 1. The number of nitrogens with zero attached hydrogens (tertiary/aromatic N) is 1. The van der Waals surface area contributed by atoms with Crippen molar-refractivity contribution < 1.29 is 19.0 Å². The molecule has 7 heteroatoms. The Hall–Kier alpha value is -3.48. The Bertz CT molecular complexity index is 1190. The highest BCUT2D eigenvalue weighted by Crippen LogP contribution is 2.32. The SMILES string of the molecule is CCCCC(CC)Oc1cccc2c(=O)n(CC(=O)Nc3ccc4c(c3)OCCO4)ccc12. The molecule has 33 heavy (non-hydrogen) atoms. The van der Waals surface area contributed by atoms with Gasteiger partial charge in [0, 0.05) is 23.3 Å². The number of unbranched alkanes of at least 4 members (excludes halogenated alkanes) is 1. The second-order valence-electron chi connectivity index (χ2n) is 8.16. The van der Waals surface area contributed by atoms with Gasteiger partial charge in [0.2, 0.25) is 5.91 Å². The minimum atomic E-state index is -0.300. The van der Waals surface area contributed by atoms with E-state index >= 15 is 0 Å². The van der Waals surface area contributed by atoms with Gasteiger partial charge in [-0.15, -0.1) is 0 Å². The zero-order valence-electron chi connectivity index (χ0n) is 19.1. The van der Waals surface area contributed by atoms with Gasteiger partial charge in [0.25, 0.3) is 5.56 Å². The zero-order chi connectivity index (χ0) is 23.2. The number of carbonyl (C=O) groups excluding carboxylic acids is 1. The number of nitrogens with one attached hydrogen (secondary N) is 1. The van der Waals surface area contributed by atoms with E-state index in [9.17, 15) is 9.59 Å². The smallest absolute Gasteiger partial charge is 0.259 e. The Morgan fingerprint density at radius 3 is 2.70 bits per heavy atom. The van der Waals surface area contributed by atoms with Gasteiger partial charge in [-0.05, 0) is 43.2 Å². The van der Waals surface area contributed by atoms with Crippen LogP contribution in [0.4, 0.5) is 5.69 Å². The van der Waals surface area contributed by atoms with Crippen molar-refractivity contribution in [3.63, 3.8) is 0 Å². The third-order valence-corrected chi connectivity index (χ3v) is 5.75. The molecule has 0 radical (unpaired) electrons. The summed E-state index contributed by atoms with van der Waals surface area (Å²) in [5, 5.41) is 4.12. The summed E-state index contributed by atoms with van der Waals surface area (Å²) in [7, 11) is 0. The standard InChI is InChI=1S/C26H30N2O5/c1-3-5-7-19(4-2)33-22-9-6-8-21-20(22)12-13-28(26(21)30)17-25(29)27-18-10-11-23-24(16-18)32-15-14-31-23/h6,8-13,16,19H,3-5,7,14-15,17H2,1-2H3,(H,27,29). The van der Waals surface area contributed by atoms with Crippen LogP contribution in [0, 0.1) is 0 Å². The van der Waals surface area contributed by atoms with Crippen molar-refractivity contribution >= 4 is 22.4 Å². The first-order valence-electron chi connectivity index (χ1n) is 11.6. The van der Waals surface area contributed by atoms with E-state index in [0.29, 0.717) is 41.5 Å². The maximum absolute atomic E-state index is 13.1. The van der Waals surface area contributed by atoms with Gasteiger partial charge in [0.1, 0.15) is 25.5 Å². The van der Waals surface area contributed by atoms with Crippen LogP contribution in [-0.4, -0.2) is 29.8 Å². The number of hydrogen-bond donors (Lipinski definition) is 1. The van der Waals surface area contributed by atoms with Crippen LogP contribution in [-0.2, 0) is 11.3 Å². The second-order valence-corrected chi connectivity index (χ2v) is 8.16. The molecule has 1 aromatic heterocycles. The number of carbonyl (C=O) groups is 1. The molecule has 1 amide bonds. The molecule has 4 rings (SSSR count). The molecule has 3 aromatic rings. The summed E-state index contributed by atoms with van der Waals surface area (Å²) in [5.74, 6) is 1.66. The van der Waals surface area contributed by atoms with E-state index in [1.807, 2.05) is 18.2 Å². The molecule has 0 fully saturated rings. The second kappa shape index (κ2) is 10.4. The number of anilines is 1. The Morgan fingerprint density at radius 2 is 1.91 bits per heavy atom. The van der Waals surface area contributed by atoms with Gasteiger partial charge >= 0.3 is 0 Å². The number of pyridine rings is 1. The number of benzene rings is 2. The highest BCUT2D eigenvalue weighted by Gasteiger charge is 2.15. The molecular weight excluding hydrogens is 420 g/mol.